The number of carbonyl (C=O) groups is 1. The Balaban J connectivity index is 1.74. The Bertz CT molecular complexity index is 710. The molecule has 1 aliphatic rings. The van der Waals surface area contributed by atoms with Gasteiger partial charge in [-0.05, 0) is 55.2 Å². The number of hydrogen-bond acceptors (Lipinski definition) is 2. The highest BCUT2D eigenvalue weighted by Crippen LogP contribution is 2.29. The highest BCUT2D eigenvalue weighted by Gasteiger charge is 2.16. The summed E-state index contributed by atoms with van der Waals surface area (Å²) in [5.41, 5.74) is 2.05. The van der Waals surface area contributed by atoms with E-state index in [4.69, 9.17) is 0 Å². The van der Waals surface area contributed by atoms with Crippen LogP contribution in [0.4, 0.5) is 20.2 Å². The van der Waals surface area contributed by atoms with Gasteiger partial charge in [-0.3, -0.25) is 4.79 Å². The van der Waals surface area contributed by atoms with Crippen LogP contribution in [-0.4, -0.2) is 19.0 Å². The molecule has 2 aromatic rings. The van der Waals surface area contributed by atoms with Gasteiger partial charge >= 0.3 is 0 Å². The molecule has 1 fully saturated rings. The number of anilines is 2. The summed E-state index contributed by atoms with van der Waals surface area (Å²) in [5.74, 6) is -0.963. The van der Waals surface area contributed by atoms with Gasteiger partial charge in [0.05, 0.1) is 17.8 Å². The summed E-state index contributed by atoms with van der Waals surface area (Å²) in [5, 5.41) is 2.80. The van der Waals surface area contributed by atoms with Crippen LogP contribution in [0.5, 0.6) is 0 Å². The Morgan fingerprint density at radius 3 is 2.33 bits per heavy atom. The summed E-state index contributed by atoms with van der Waals surface area (Å²) in [6, 6.07) is 10.3. The Morgan fingerprint density at radius 2 is 1.62 bits per heavy atom. The molecule has 126 valence electrons. The number of halogens is 2. The van der Waals surface area contributed by atoms with Crippen molar-refractivity contribution in [2.75, 3.05) is 23.3 Å². The highest BCUT2D eigenvalue weighted by atomic mass is 19.1. The van der Waals surface area contributed by atoms with Gasteiger partial charge in [0, 0.05) is 13.1 Å². The minimum atomic E-state index is -0.382. The van der Waals surface area contributed by atoms with Crippen LogP contribution in [0.15, 0.2) is 42.5 Å². The summed E-state index contributed by atoms with van der Waals surface area (Å²) >= 11 is 0. The van der Waals surface area contributed by atoms with E-state index in [1.54, 1.807) is 18.2 Å². The Labute approximate surface area is 140 Å². The van der Waals surface area contributed by atoms with Crippen LogP contribution in [-0.2, 0) is 11.2 Å². The van der Waals surface area contributed by atoms with Gasteiger partial charge in [-0.1, -0.05) is 12.1 Å². The molecule has 0 radical (unpaired) electrons. The molecule has 0 unspecified atom stereocenters. The Kier molecular flexibility index (Phi) is 5.08. The fourth-order valence-electron chi connectivity index (χ4n) is 3.00. The van der Waals surface area contributed by atoms with E-state index < -0.39 is 0 Å². The van der Waals surface area contributed by atoms with Crippen LogP contribution in [0.25, 0.3) is 0 Å². The number of nitrogens with zero attached hydrogens (tertiary/aromatic N) is 1. The minimum Gasteiger partial charge on any atom is -0.370 e. The summed E-state index contributed by atoms with van der Waals surface area (Å²) < 4.78 is 26.6. The third-order valence-electron chi connectivity index (χ3n) is 4.21. The van der Waals surface area contributed by atoms with Gasteiger partial charge in [-0.25, -0.2) is 8.78 Å². The van der Waals surface area contributed by atoms with Crippen LogP contribution in [0, 0.1) is 11.6 Å². The second kappa shape index (κ2) is 7.43. The number of rotatable bonds is 4. The quantitative estimate of drug-likeness (QED) is 0.914. The largest absolute Gasteiger partial charge is 0.370 e. The zero-order valence-corrected chi connectivity index (χ0v) is 13.4. The number of hydrogen-bond donors (Lipinski definition) is 1. The van der Waals surface area contributed by atoms with Gasteiger partial charge in [0.25, 0.3) is 0 Å². The lowest BCUT2D eigenvalue weighted by atomic mass is 10.1. The summed E-state index contributed by atoms with van der Waals surface area (Å²) in [6.45, 7) is 1.82. The van der Waals surface area contributed by atoms with Gasteiger partial charge in [-0.2, -0.15) is 0 Å². The number of carbonyl (C=O) groups excluding carboxylic acids is 1. The van der Waals surface area contributed by atoms with Crippen molar-refractivity contribution in [1.82, 2.24) is 0 Å². The summed E-state index contributed by atoms with van der Waals surface area (Å²) in [6.07, 6.45) is 3.51. The molecule has 0 saturated carbocycles. The molecular formula is C19H20F2N2O. The Morgan fingerprint density at radius 1 is 0.958 bits per heavy atom. The first-order chi connectivity index (χ1) is 11.6. The van der Waals surface area contributed by atoms with E-state index in [1.807, 2.05) is 0 Å². The molecule has 1 saturated heterocycles. The average molecular weight is 330 g/mol. The molecule has 1 N–H and O–H groups in total. The van der Waals surface area contributed by atoms with E-state index in [1.165, 1.54) is 30.7 Å². The van der Waals surface area contributed by atoms with Crippen LogP contribution < -0.4 is 10.2 Å². The standard InChI is InChI=1S/C19H20F2N2O/c20-15-6-4-14(5-7-15)12-19(24)22-17-13-16(21)8-9-18(17)23-10-2-1-3-11-23/h4-9,13H,1-3,10-12H2,(H,22,24). The van der Waals surface area contributed by atoms with Crippen molar-refractivity contribution in [2.24, 2.45) is 0 Å². The lowest BCUT2D eigenvalue weighted by Crippen LogP contribution is -2.30. The Hall–Kier alpha value is -2.43. The molecule has 5 heteroatoms. The molecule has 0 aliphatic carbocycles. The number of benzene rings is 2. The van der Waals surface area contributed by atoms with Crippen molar-refractivity contribution in [3.05, 3.63) is 59.7 Å². The molecule has 3 nitrogen and oxygen atoms in total. The van der Waals surface area contributed by atoms with E-state index in [-0.39, 0.29) is 24.0 Å². The van der Waals surface area contributed by atoms with Gasteiger partial charge < -0.3 is 10.2 Å². The maximum Gasteiger partial charge on any atom is 0.228 e. The number of piperidine rings is 1. The van der Waals surface area contributed by atoms with Crippen molar-refractivity contribution in [2.45, 2.75) is 25.7 Å². The van der Waals surface area contributed by atoms with E-state index in [2.05, 4.69) is 10.2 Å². The molecular weight excluding hydrogens is 310 g/mol. The predicted molar refractivity (Wildman–Crippen MR) is 91.2 cm³/mol. The minimum absolute atomic E-state index is 0.121. The third-order valence-corrected chi connectivity index (χ3v) is 4.21. The van der Waals surface area contributed by atoms with Crippen molar-refractivity contribution < 1.29 is 13.6 Å². The van der Waals surface area contributed by atoms with Crippen molar-refractivity contribution in [1.29, 1.82) is 0 Å². The first kappa shape index (κ1) is 16.4. The molecule has 0 aromatic heterocycles. The maximum absolute atomic E-state index is 13.6. The third kappa shape index (κ3) is 4.10. The molecule has 0 bridgehead atoms. The average Bonchev–Trinajstić information content (AvgIpc) is 2.58. The fourth-order valence-corrected chi connectivity index (χ4v) is 3.00. The van der Waals surface area contributed by atoms with E-state index in [0.29, 0.717) is 11.3 Å². The first-order valence-corrected chi connectivity index (χ1v) is 8.20. The normalized spacial score (nSPS) is 14.5. The number of amides is 1. The monoisotopic (exact) mass is 330 g/mol. The molecule has 1 heterocycles. The molecule has 1 amide bonds. The molecule has 0 spiro atoms. The second-order valence-corrected chi connectivity index (χ2v) is 6.06. The van der Waals surface area contributed by atoms with Gasteiger partial charge in [-0.15, -0.1) is 0 Å². The van der Waals surface area contributed by atoms with Crippen molar-refractivity contribution >= 4 is 17.3 Å². The molecule has 2 aromatic carbocycles. The lowest BCUT2D eigenvalue weighted by molar-refractivity contribution is -0.115. The molecule has 24 heavy (non-hydrogen) atoms. The molecule has 3 rings (SSSR count). The molecule has 1 aliphatic heterocycles. The first-order valence-electron chi connectivity index (χ1n) is 8.20. The van der Waals surface area contributed by atoms with Crippen molar-refractivity contribution in [3.63, 3.8) is 0 Å². The van der Waals surface area contributed by atoms with E-state index in [0.717, 1.165) is 31.6 Å². The maximum atomic E-state index is 13.6. The van der Waals surface area contributed by atoms with E-state index in [9.17, 15) is 13.6 Å². The highest BCUT2D eigenvalue weighted by molar-refractivity contribution is 5.95. The summed E-state index contributed by atoms with van der Waals surface area (Å²) in [4.78, 5) is 14.4. The van der Waals surface area contributed by atoms with Crippen LogP contribution in [0.2, 0.25) is 0 Å². The lowest BCUT2D eigenvalue weighted by Gasteiger charge is -2.30. The zero-order chi connectivity index (χ0) is 16.9. The number of nitrogens with one attached hydrogen (secondary N) is 1. The van der Waals surface area contributed by atoms with Crippen molar-refractivity contribution in [3.8, 4) is 0 Å². The van der Waals surface area contributed by atoms with Crippen LogP contribution in [0.1, 0.15) is 24.8 Å². The predicted octanol–water partition coefficient (Wildman–Crippen LogP) is 4.14. The summed E-state index contributed by atoms with van der Waals surface area (Å²) in [7, 11) is 0. The smallest absolute Gasteiger partial charge is 0.228 e. The van der Waals surface area contributed by atoms with E-state index >= 15 is 0 Å². The topological polar surface area (TPSA) is 32.3 Å². The molecule has 0 atom stereocenters. The van der Waals surface area contributed by atoms with Gasteiger partial charge in [0.1, 0.15) is 11.6 Å². The van der Waals surface area contributed by atoms with Crippen LogP contribution in [0.3, 0.4) is 0 Å². The van der Waals surface area contributed by atoms with Crippen LogP contribution >= 0.6 is 0 Å². The van der Waals surface area contributed by atoms with Gasteiger partial charge in [0.2, 0.25) is 5.91 Å². The fraction of sp³-hybridized carbons (Fsp3) is 0.316. The van der Waals surface area contributed by atoms with Gasteiger partial charge in [0.15, 0.2) is 0 Å². The SMILES string of the molecule is O=C(Cc1ccc(F)cc1)Nc1cc(F)ccc1N1CCCCC1. The second-order valence-electron chi connectivity index (χ2n) is 6.06. The zero-order valence-electron chi connectivity index (χ0n) is 13.4.